The normalized spacial score (nSPS) is 14.9. The second kappa shape index (κ2) is 5.83. The number of hydrogen-bond donors (Lipinski definition) is 0. The summed E-state index contributed by atoms with van der Waals surface area (Å²) in [7, 11) is 0. The van der Waals surface area contributed by atoms with Crippen LogP contribution in [-0.4, -0.2) is 32.4 Å². The summed E-state index contributed by atoms with van der Waals surface area (Å²) >= 11 is 3.59. The summed E-state index contributed by atoms with van der Waals surface area (Å²) in [5, 5.41) is 9.01. The number of nitrogens with zero attached hydrogens (tertiary/aromatic N) is 4. The van der Waals surface area contributed by atoms with Crippen LogP contribution in [0.25, 0.3) is 11.3 Å². The molecule has 0 N–H and O–H groups in total. The standard InChI is InChI=1S/C13H18N4OS2/c1-4-18-9(2)17-11-7-20-12-6-14-16(8-19-3)13(12)10(11)5-15-17/h5-6,9H,4,7-8H2,1-3H3. The molecule has 1 aliphatic heterocycles. The fraction of sp³-hybridized carbons (Fsp3) is 0.538. The highest BCUT2D eigenvalue weighted by molar-refractivity contribution is 7.98. The molecule has 2 aromatic heterocycles. The Bertz CT molecular complexity index is 608. The summed E-state index contributed by atoms with van der Waals surface area (Å²) in [5.41, 5.74) is 3.61. The van der Waals surface area contributed by atoms with Gasteiger partial charge >= 0.3 is 0 Å². The van der Waals surface area contributed by atoms with E-state index in [-0.39, 0.29) is 6.23 Å². The van der Waals surface area contributed by atoms with Gasteiger partial charge in [-0.05, 0) is 20.1 Å². The van der Waals surface area contributed by atoms with Crippen molar-refractivity contribution in [3.63, 3.8) is 0 Å². The smallest absolute Gasteiger partial charge is 0.147 e. The third kappa shape index (κ3) is 2.27. The molecule has 2 aromatic rings. The van der Waals surface area contributed by atoms with Crippen LogP contribution in [-0.2, 0) is 16.4 Å². The van der Waals surface area contributed by atoms with Gasteiger partial charge in [0.1, 0.15) is 6.23 Å². The fourth-order valence-corrected chi connectivity index (χ4v) is 3.96. The monoisotopic (exact) mass is 310 g/mol. The average molecular weight is 310 g/mol. The maximum absolute atomic E-state index is 5.66. The van der Waals surface area contributed by atoms with Crippen LogP contribution in [0.5, 0.6) is 0 Å². The first-order valence-corrected chi connectivity index (χ1v) is 9.00. The molecule has 108 valence electrons. The lowest BCUT2D eigenvalue weighted by Crippen LogP contribution is -2.14. The van der Waals surface area contributed by atoms with Crippen molar-refractivity contribution in [2.24, 2.45) is 0 Å². The number of thioether (sulfide) groups is 2. The molecule has 3 rings (SSSR count). The molecule has 0 spiro atoms. The molecule has 0 saturated heterocycles. The molecule has 5 nitrogen and oxygen atoms in total. The van der Waals surface area contributed by atoms with Crippen LogP contribution in [0.4, 0.5) is 0 Å². The highest BCUT2D eigenvalue weighted by Crippen LogP contribution is 2.42. The number of aromatic nitrogens is 4. The van der Waals surface area contributed by atoms with E-state index in [0.29, 0.717) is 6.61 Å². The largest absolute Gasteiger partial charge is 0.357 e. The van der Waals surface area contributed by atoms with E-state index in [2.05, 4.69) is 21.1 Å². The maximum Gasteiger partial charge on any atom is 0.147 e. The third-order valence-corrected chi connectivity index (χ3v) is 4.86. The first kappa shape index (κ1) is 14.0. The molecule has 7 heteroatoms. The summed E-state index contributed by atoms with van der Waals surface area (Å²) in [6.07, 6.45) is 5.97. The molecule has 0 aromatic carbocycles. The van der Waals surface area contributed by atoms with E-state index in [1.165, 1.54) is 21.8 Å². The molecule has 0 saturated carbocycles. The van der Waals surface area contributed by atoms with Gasteiger partial charge in [-0.3, -0.25) is 4.68 Å². The number of fused-ring (bicyclic) bond motifs is 3. The van der Waals surface area contributed by atoms with Gasteiger partial charge in [-0.1, -0.05) is 0 Å². The van der Waals surface area contributed by atoms with E-state index in [1.807, 2.05) is 42.7 Å². The van der Waals surface area contributed by atoms with Crippen LogP contribution >= 0.6 is 23.5 Å². The molecule has 3 heterocycles. The molecule has 0 fully saturated rings. The molecular formula is C13H18N4OS2. The van der Waals surface area contributed by atoms with E-state index < -0.39 is 0 Å². The summed E-state index contributed by atoms with van der Waals surface area (Å²) in [4.78, 5) is 1.25. The Balaban J connectivity index is 2.02. The van der Waals surface area contributed by atoms with Crippen LogP contribution in [0, 0.1) is 0 Å². The molecule has 0 radical (unpaired) electrons. The van der Waals surface area contributed by atoms with Crippen molar-refractivity contribution in [2.75, 3.05) is 12.9 Å². The highest BCUT2D eigenvalue weighted by Gasteiger charge is 2.26. The first-order chi connectivity index (χ1) is 9.76. The fourth-order valence-electron chi connectivity index (χ4n) is 2.47. The molecule has 20 heavy (non-hydrogen) atoms. The minimum Gasteiger partial charge on any atom is -0.357 e. The first-order valence-electron chi connectivity index (χ1n) is 6.62. The van der Waals surface area contributed by atoms with E-state index in [9.17, 15) is 0 Å². The van der Waals surface area contributed by atoms with Crippen molar-refractivity contribution in [1.29, 1.82) is 0 Å². The molecule has 0 bridgehead atoms. The van der Waals surface area contributed by atoms with Crippen molar-refractivity contribution in [3.8, 4) is 11.3 Å². The van der Waals surface area contributed by atoms with Crippen LogP contribution in [0.15, 0.2) is 17.3 Å². The zero-order valence-corrected chi connectivity index (χ0v) is 13.5. The number of ether oxygens (including phenoxy) is 1. The van der Waals surface area contributed by atoms with Crippen LogP contribution in [0.3, 0.4) is 0 Å². The predicted molar refractivity (Wildman–Crippen MR) is 82.9 cm³/mol. The Hall–Kier alpha value is -0.920. The Kier molecular flexibility index (Phi) is 4.09. The number of rotatable bonds is 5. The molecule has 1 unspecified atom stereocenters. The van der Waals surface area contributed by atoms with Crippen molar-refractivity contribution in [2.45, 2.75) is 36.6 Å². The van der Waals surface area contributed by atoms with Gasteiger partial charge < -0.3 is 4.74 Å². The van der Waals surface area contributed by atoms with Gasteiger partial charge in [-0.15, -0.1) is 23.5 Å². The molecule has 1 atom stereocenters. The maximum atomic E-state index is 5.66. The van der Waals surface area contributed by atoms with Crippen molar-refractivity contribution >= 4 is 23.5 Å². The lowest BCUT2D eigenvalue weighted by Gasteiger charge is -2.19. The second-order valence-corrected chi connectivity index (χ2v) is 6.42. The molecule has 0 amide bonds. The van der Waals surface area contributed by atoms with E-state index in [0.717, 1.165) is 11.6 Å². The Morgan fingerprint density at radius 3 is 3.05 bits per heavy atom. The summed E-state index contributed by atoms with van der Waals surface area (Å²) < 4.78 is 9.71. The quantitative estimate of drug-likeness (QED) is 0.848. The number of hydrogen-bond acceptors (Lipinski definition) is 5. The van der Waals surface area contributed by atoms with Gasteiger partial charge in [-0.2, -0.15) is 10.2 Å². The third-order valence-electron chi connectivity index (χ3n) is 3.33. The van der Waals surface area contributed by atoms with E-state index in [4.69, 9.17) is 4.74 Å². The lowest BCUT2D eigenvalue weighted by atomic mass is 10.2. The van der Waals surface area contributed by atoms with Gasteiger partial charge in [0.25, 0.3) is 0 Å². The van der Waals surface area contributed by atoms with Gasteiger partial charge in [-0.25, -0.2) is 4.68 Å². The average Bonchev–Trinajstić information content (AvgIpc) is 3.02. The second-order valence-electron chi connectivity index (χ2n) is 4.57. The van der Waals surface area contributed by atoms with E-state index in [1.54, 1.807) is 11.8 Å². The molecule has 1 aliphatic rings. The summed E-state index contributed by atoms with van der Waals surface area (Å²) in [6.45, 7) is 4.74. The molecule has 0 aliphatic carbocycles. The minimum atomic E-state index is -0.0252. The highest BCUT2D eigenvalue weighted by atomic mass is 32.2. The molecular weight excluding hydrogens is 292 g/mol. The Morgan fingerprint density at radius 1 is 1.45 bits per heavy atom. The van der Waals surface area contributed by atoms with Gasteiger partial charge in [0.15, 0.2) is 0 Å². The zero-order valence-electron chi connectivity index (χ0n) is 11.9. The Morgan fingerprint density at radius 2 is 2.30 bits per heavy atom. The topological polar surface area (TPSA) is 44.9 Å². The van der Waals surface area contributed by atoms with Gasteiger partial charge in [0.2, 0.25) is 0 Å². The Labute approximate surface area is 127 Å². The van der Waals surface area contributed by atoms with Gasteiger partial charge in [0, 0.05) is 17.9 Å². The van der Waals surface area contributed by atoms with Crippen molar-refractivity contribution in [3.05, 3.63) is 18.1 Å². The van der Waals surface area contributed by atoms with Crippen molar-refractivity contribution < 1.29 is 4.74 Å². The van der Waals surface area contributed by atoms with Crippen LogP contribution in [0.2, 0.25) is 0 Å². The van der Waals surface area contributed by atoms with E-state index >= 15 is 0 Å². The zero-order chi connectivity index (χ0) is 14.1. The summed E-state index contributed by atoms with van der Waals surface area (Å²) in [6, 6.07) is 0. The van der Waals surface area contributed by atoms with Crippen LogP contribution in [0.1, 0.15) is 25.8 Å². The minimum absolute atomic E-state index is 0.0252. The predicted octanol–water partition coefficient (Wildman–Crippen LogP) is 3.23. The van der Waals surface area contributed by atoms with Crippen LogP contribution < -0.4 is 0 Å². The summed E-state index contributed by atoms with van der Waals surface area (Å²) in [5.74, 6) is 1.78. The lowest BCUT2D eigenvalue weighted by molar-refractivity contribution is 0.0144. The SMILES string of the molecule is CCOC(C)n1ncc2c1CSc1cnn(CSC)c1-2. The van der Waals surface area contributed by atoms with Crippen molar-refractivity contribution in [1.82, 2.24) is 19.6 Å². The van der Waals surface area contributed by atoms with Gasteiger partial charge in [0.05, 0.1) is 34.6 Å².